The second-order valence-corrected chi connectivity index (χ2v) is 3.68. The van der Waals surface area contributed by atoms with E-state index in [4.69, 9.17) is 9.47 Å². The van der Waals surface area contributed by atoms with Crippen LogP contribution >= 0.6 is 0 Å². The molecule has 0 aliphatic carbocycles. The number of nitrogens with one attached hydrogen (secondary N) is 1. The second kappa shape index (κ2) is 7.70. The summed E-state index contributed by atoms with van der Waals surface area (Å²) in [5.74, 6) is 6.03. The van der Waals surface area contributed by atoms with E-state index in [1.165, 1.54) is 0 Å². The van der Waals surface area contributed by atoms with Crippen LogP contribution in [0.5, 0.6) is 0 Å². The molecule has 0 spiro atoms. The first kappa shape index (κ1) is 12.5. The Labute approximate surface area is 92.5 Å². The van der Waals surface area contributed by atoms with Crippen molar-refractivity contribution in [2.45, 2.75) is 38.8 Å². The van der Waals surface area contributed by atoms with Gasteiger partial charge in [-0.25, -0.2) is 0 Å². The Balaban J connectivity index is 2.39. The van der Waals surface area contributed by atoms with E-state index < -0.39 is 0 Å². The summed E-state index contributed by atoms with van der Waals surface area (Å²) >= 11 is 0. The second-order valence-electron chi connectivity index (χ2n) is 3.68. The van der Waals surface area contributed by atoms with Gasteiger partial charge in [0.2, 0.25) is 0 Å². The third kappa shape index (κ3) is 4.65. The minimum absolute atomic E-state index is 0.158. The lowest BCUT2D eigenvalue weighted by molar-refractivity contribution is -0.101. The van der Waals surface area contributed by atoms with E-state index in [2.05, 4.69) is 24.1 Å². The summed E-state index contributed by atoms with van der Waals surface area (Å²) in [6.45, 7) is 7.15. The van der Waals surface area contributed by atoms with Crippen LogP contribution in [0, 0.1) is 11.8 Å². The van der Waals surface area contributed by atoms with Crippen molar-refractivity contribution in [3.8, 4) is 11.8 Å². The van der Waals surface area contributed by atoms with Crippen LogP contribution in [-0.4, -0.2) is 38.5 Å². The molecule has 3 heteroatoms. The van der Waals surface area contributed by atoms with Crippen molar-refractivity contribution in [2.24, 2.45) is 0 Å². The van der Waals surface area contributed by atoms with Crippen molar-refractivity contribution >= 4 is 0 Å². The van der Waals surface area contributed by atoms with Crippen molar-refractivity contribution in [2.75, 3.05) is 26.4 Å². The molecule has 1 heterocycles. The van der Waals surface area contributed by atoms with Crippen molar-refractivity contribution < 1.29 is 9.47 Å². The van der Waals surface area contributed by atoms with Crippen molar-refractivity contribution in [3.05, 3.63) is 0 Å². The Morgan fingerprint density at radius 2 is 2.33 bits per heavy atom. The summed E-state index contributed by atoms with van der Waals surface area (Å²) < 4.78 is 11.1. The molecule has 1 aliphatic heterocycles. The Kier molecular flexibility index (Phi) is 6.42. The highest BCUT2D eigenvalue weighted by molar-refractivity contribution is 5.00. The molecular formula is C12H21NO2. The molecule has 1 saturated heterocycles. The first-order chi connectivity index (χ1) is 7.38. The monoisotopic (exact) mass is 211 g/mol. The van der Waals surface area contributed by atoms with E-state index in [9.17, 15) is 0 Å². The highest BCUT2D eigenvalue weighted by Crippen LogP contribution is 2.08. The summed E-state index contributed by atoms with van der Waals surface area (Å²) in [6, 6.07) is 0.303. The first-order valence-corrected chi connectivity index (χ1v) is 5.70. The van der Waals surface area contributed by atoms with Gasteiger partial charge in [-0.3, -0.25) is 0 Å². The van der Waals surface area contributed by atoms with Crippen molar-refractivity contribution in [1.29, 1.82) is 0 Å². The minimum atomic E-state index is 0.158. The minimum Gasteiger partial charge on any atom is -0.376 e. The lowest BCUT2D eigenvalue weighted by Gasteiger charge is -2.30. The predicted molar refractivity (Wildman–Crippen MR) is 60.7 cm³/mol. The van der Waals surface area contributed by atoms with Gasteiger partial charge < -0.3 is 14.8 Å². The predicted octanol–water partition coefficient (Wildman–Crippen LogP) is 1.18. The molecule has 0 aromatic heterocycles. The maximum Gasteiger partial charge on any atom is 0.0971 e. The van der Waals surface area contributed by atoms with Gasteiger partial charge in [0.05, 0.1) is 25.9 Å². The fraction of sp³-hybridized carbons (Fsp3) is 0.833. The highest BCUT2D eigenvalue weighted by Gasteiger charge is 2.23. The molecule has 1 rings (SSSR count). The Morgan fingerprint density at radius 1 is 1.47 bits per heavy atom. The molecule has 0 bridgehead atoms. The topological polar surface area (TPSA) is 30.5 Å². The van der Waals surface area contributed by atoms with Gasteiger partial charge in [0.25, 0.3) is 0 Å². The third-order valence-electron chi connectivity index (χ3n) is 2.45. The molecule has 2 atom stereocenters. The number of ether oxygens (including phenoxy) is 2. The van der Waals surface area contributed by atoms with Crippen molar-refractivity contribution in [3.63, 3.8) is 0 Å². The van der Waals surface area contributed by atoms with Gasteiger partial charge >= 0.3 is 0 Å². The first-order valence-electron chi connectivity index (χ1n) is 5.70. The van der Waals surface area contributed by atoms with Gasteiger partial charge in [-0.1, -0.05) is 6.92 Å². The fourth-order valence-electron chi connectivity index (χ4n) is 1.62. The zero-order chi connectivity index (χ0) is 10.9. The van der Waals surface area contributed by atoms with Crippen LogP contribution in [0.4, 0.5) is 0 Å². The normalized spacial score (nSPS) is 22.9. The molecule has 1 fully saturated rings. The average molecular weight is 211 g/mol. The molecule has 15 heavy (non-hydrogen) atoms. The highest BCUT2D eigenvalue weighted by atomic mass is 16.6. The van der Waals surface area contributed by atoms with Gasteiger partial charge in [-0.15, -0.1) is 11.8 Å². The molecule has 0 amide bonds. The van der Waals surface area contributed by atoms with Gasteiger partial charge in [0.1, 0.15) is 0 Å². The summed E-state index contributed by atoms with van der Waals surface area (Å²) in [4.78, 5) is 0. The molecule has 0 saturated carbocycles. The van der Waals surface area contributed by atoms with Gasteiger partial charge in [0, 0.05) is 12.5 Å². The van der Waals surface area contributed by atoms with Crippen molar-refractivity contribution in [1.82, 2.24) is 5.32 Å². The number of hydrogen-bond donors (Lipinski definition) is 1. The molecule has 0 aromatic rings. The molecule has 0 radical (unpaired) electrons. The largest absolute Gasteiger partial charge is 0.376 e. The third-order valence-corrected chi connectivity index (χ3v) is 2.45. The van der Waals surface area contributed by atoms with Crippen LogP contribution in [0.1, 0.15) is 26.7 Å². The van der Waals surface area contributed by atoms with E-state index in [-0.39, 0.29) is 6.10 Å². The SMILES string of the molecule is CC#CCC(NCCC)C1COCCO1. The fourth-order valence-corrected chi connectivity index (χ4v) is 1.62. The zero-order valence-electron chi connectivity index (χ0n) is 9.71. The lowest BCUT2D eigenvalue weighted by Crippen LogP contribution is -2.46. The van der Waals surface area contributed by atoms with Crippen LogP contribution in [0.3, 0.4) is 0 Å². The van der Waals surface area contributed by atoms with Crippen LogP contribution < -0.4 is 5.32 Å². The summed E-state index contributed by atoms with van der Waals surface area (Å²) in [5.41, 5.74) is 0. The van der Waals surface area contributed by atoms with E-state index in [1.807, 2.05) is 6.92 Å². The summed E-state index contributed by atoms with van der Waals surface area (Å²) in [5, 5.41) is 3.47. The van der Waals surface area contributed by atoms with E-state index in [1.54, 1.807) is 0 Å². The lowest BCUT2D eigenvalue weighted by atomic mass is 10.1. The quantitative estimate of drug-likeness (QED) is 0.693. The van der Waals surface area contributed by atoms with Gasteiger partial charge in [-0.2, -0.15) is 0 Å². The van der Waals surface area contributed by atoms with Crippen LogP contribution in [0.25, 0.3) is 0 Å². The number of rotatable bonds is 5. The Bertz CT molecular complexity index is 213. The standard InChI is InChI=1S/C12H21NO2/c1-3-5-6-11(13-7-4-2)12-10-14-8-9-15-12/h11-13H,4,6-10H2,1-2H3. The molecule has 0 aromatic carbocycles. The average Bonchev–Trinajstić information content (AvgIpc) is 2.30. The van der Waals surface area contributed by atoms with E-state index in [0.717, 1.165) is 26.0 Å². The molecule has 86 valence electrons. The van der Waals surface area contributed by atoms with E-state index in [0.29, 0.717) is 19.3 Å². The maximum absolute atomic E-state index is 5.68. The maximum atomic E-state index is 5.68. The van der Waals surface area contributed by atoms with Crippen LogP contribution in [-0.2, 0) is 9.47 Å². The van der Waals surface area contributed by atoms with Gasteiger partial charge in [-0.05, 0) is 19.9 Å². The molecule has 1 N–H and O–H groups in total. The summed E-state index contributed by atoms with van der Waals surface area (Å²) in [7, 11) is 0. The molecule has 3 nitrogen and oxygen atoms in total. The Hall–Kier alpha value is -0.560. The smallest absolute Gasteiger partial charge is 0.0971 e. The molecule has 1 aliphatic rings. The van der Waals surface area contributed by atoms with Crippen LogP contribution in [0.2, 0.25) is 0 Å². The molecule has 2 unspecified atom stereocenters. The summed E-state index contributed by atoms with van der Waals surface area (Å²) in [6.07, 6.45) is 2.12. The zero-order valence-corrected chi connectivity index (χ0v) is 9.71. The Morgan fingerprint density at radius 3 is 2.93 bits per heavy atom. The van der Waals surface area contributed by atoms with Gasteiger partial charge in [0.15, 0.2) is 0 Å². The number of hydrogen-bond acceptors (Lipinski definition) is 3. The van der Waals surface area contributed by atoms with E-state index >= 15 is 0 Å². The van der Waals surface area contributed by atoms with Crippen LogP contribution in [0.15, 0.2) is 0 Å². The molecular weight excluding hydrogens is 190 g/mol.